The molecule has 0 unspecified atom stereocenters. The zero-order valence-electron chi connectivity index (χ0n) is 9.71. The van der Waals surface area contributed by atoms with E-state index < -0.39 is 12.7 Å². The van der Waals surface area contributed by atoms with Crippen molar-refractivity contribution in [3.8, 4) is 0 Å². The fraction of sp³-hybridized carbons (Fsp3) is 0.600. The molecule has 0 radical (unpaired) electrons. The molecule has 0 bridgehead atoms. The van der Waals surface area contributed by atoms with Crippen molar-refractivity contribution < 1.29 is 18.0 Å². The number of nitrogens with zero attached hydrogens (tertiary/aromatic N) is 2. The number of aldehydes is 1. The van der Waals surface area contributed by atoms with E-state index in [9.17, 15) is 18.0 Å². The Hall–Kier alpha value is -1.11. The van der Waals surface area contributed by atoms with Gasteiger partial charge in [-0.1, -0.05) is 11.3 Å². The van der Waals surface area contributed by atoms with Gasteiger partial charge in [-0.25, -0.2) is 4.98 Å². The van der Waals surface area contributed by atoms with Crippen molar-refractivity contribution in [3.63, 3.8) is 0 Å². The molecule has 0 saturated carbocycles. The van der Waals surface area contributed by atoms with Crippen LogP contribution in [0.2, 0.25) is 0 Å². The molecule has 17 heavy (non-hydrogen) atoms. The van der Waals surface area contributed by atoms with Gasteiger partial charge >= 0.3 is 6.18 Å². The number of hydrogen-bond acceptors (Lipinski definition) is 4. The smallest absolute Gasteiger partial charge is 0.337 e. The fourth-order valence-corrected chi connectivity index (χ4v) is 2.30. The van der Waals surface area contributed by atoms with Gasteiger partial charge in [-0.05, 0) is 20.8 Å². The Morgan fingerprint density at radius 3 is 2.41 bits per heavy atom. The Morgan fingerprint density at radius 2 is 2.06 bits per heavy atom. The predicted molar refractivity (Wildman–Crippen MR) is 60.8 cm³/mol. The van der Waals surface area contributed by atoms with Gasteiger partial charge in [0, 0.05) is 6.04 Å². The van der Waals surface area contributed by atoms with Crippen LogP contribution in [0.4, 0.5) is 18.3 Å². The standard InChI is InChI=1S/C10H13F3N2OS/c1-6(2)15(5-10(11,12)13)9-14-7(3)8(4-16)17-9/h4,6H,5H2,1-3H3. The van der Waals surface area contributed by atoms with Crippen molar-refractivity contribution in [1.29, 1.82) is 0 Å². The summed E-state index contributed by atoms with van der Waals surface area (Å²) in [6.45, 7) is 3.86. The average molecular weight is 266 g/mol. The summed E-state index contributed by atoms with van der Waals surface area (Å²) in [5, 5.41) is 0.233. The molecular weight excluding hydrogens is 253 g/mol. The highest BCUT2D eigenvalue weighted by atomic mass is 32.1. The third-order valence-electron chi connectivity index (χ3n) is 2.15. The van der Waals surface area contributed by atoms with Gasteiger partial charge in [-0.2, -0.15) is 13.2 Å². The Morgan fingerprint density at radius 1 is 1.47 bits per heavy atom. The Labute approximate surface area is 101 Å². The van der Waals surface area contributed by atoms with Crippen LogP contribution in [-0.4, -0.2) is 30.0 Å². The van der Waals surface area contributed by atoms with Crippen molar-refractivity contribution in [3.05, 3.63) is 10.6 Å². The van der Waals surface area contributed by atoms with Crippen molar-refractivity contribution in [1.82, 2.24) is 4.98 Å². The van der Waals surface area contributed by atoms with E-state index in [1.165, 1.54) is 0 Å². The lowest BCUT2D eigenvalue weighted by molar-refractivity contribution is -0.120. The van der Waals surface area contributed by atoms with E-state index >= 15 is 0 Å². The minimum atomic E-state index is -4.29. The second kappa shape index (κ2) is 5.03. The molecule has 0 aromatic carbocycles. The van der Waals surface area contributed by atoms with Crippen molar-refractivity contribution in [2.75, 3.05) is 11.4 Å². The van der Waals surface area contributed by atoms with Crippen LogP contribution in [0, 0.1) is 6.92 Å². The molecule has 3 nitrogen and oxygen atoms in total. The molecule has 0 aliphatic carbocycles. The molecule has 0 saturated heterocycles. The zero-order valence-corrected chi connectivity index (χ0v) is 10.5. The van der Waals surface area contributed by atoms with Crippen LogP contribution < -0.4 is 4.90 Å². The number of aromatic nitrogens is 1. The van der Waals surface area contributed by atoms with Gasteiger partial charge in [-0.15, -0.1) is 0 Å². The van der Waals surface area contributed by atoms with Crippen LogP contribution in [0.25, 0.3) is 0 Å². The number of anilines is 1. The van der Waals surface area contributed by atoms with Gasteiger partial charge in [0.2, 0.25) is 0 Å². The van der Waals surface area contributed by atoms with Crippen LogP contribution in [-0.2, 0) is 0 Å². The average Bonchev–Trinajstić information content (AvgIpc) is 2.54. The lowest BCUT2D eigenvalue weighted by Crippen LogP contribution is -2.39. The first-order valence-corrected chi connectivity index (χ1v) is 5.82. The summed E-state index contributed by atoms with van der Waals surface area (Å²) in [4.78, 5) is 16.2. The van der Waals surface area contributed by atoms with Gasteiger partial charge in [0.05, 0.1) is 10.6 Å². The molecule has 1 aromatic heterocycles. The SMILES string of the molecule is Cc1nc(N(CC(F)(F)F)C(C)C)sc1C=O. The maximum Gasteiger partial charge on any atom is 0.406 e. The van der Waals surface area contributed by atoms with Crippen LogP contribution >= 0.6 is 11.3 Å². The summed E-state index contributed by atoms with van der Waals surface area (Å²) in [6.07, 6.45) is -3.67. The van der Waals surface area contributed by atoms with Gasteiger partial charge in [-0.3, -0.25) is 4.79 Å². The molecular formula is C10H13F3N2OS. The molecule has 0 fully saturated rings. The fourth-order valence-electron chi connectivity index (χ4n) is 1.29. The second-order valence-corrected chi connectivity index (χ2v) is 4.91. The highest BCUT2D eigenvalue weighted by molar-refractivity contribution is 7.17. The number of alkyl halides is 3. The monoisotopic (exact) mass is 266 g/mol. The van der Waals surface area contributed by atoms with E-state index in [4.69, 9.17) is 0 Å². The van der Waals surface area contributed by atoms with Crippen LogP contribution in [0.1, 0.15) is 29.2 Å². The summed E-state index contributed by atoms with van der Waals surface area (Å²) in [6, 6.07) is -0.332. The van der Waals surface area contributed by atoms with Gasteiger partial charge < -0.3 is 4.90 Å². The summed E-state index contributed by atoms with van der Waals surface area (Å²) in [7, 11) is 0. The topological polar surface area (TPSA) is 33.2 Å². The van der Waals surface area contributed by atoms with Crippen LogP contribution in [0.3, 0.4) is 0 Å². The molecule has 0 spiro atoms. The molecule has 1 rings (SSSR count). The van der Waals surface area contributed by atoms with E-state index in [2.05, 4.69) is 4.98 Å². The molecule has 0 aliphatic rings. The van der Waals surface area contributed by atoms with Crippen LogP contribution in [0.5, 0.6) is 0 Å². The molecule has 1 heterocycles. The van der Waals surface area contributed by atoms with Gasteiger partial charge in [0.15, 0.2) is 11.4 Å². The Kier molecular flexibility index (Phi) is 4.13. The summed E-state index contributed by atoms with van der Waals surface area (Å²) in [5.74, 6) is 0. The lowest BCUT2D eigenvalue weighted by Gasteiger charge is -2.26. The van der Waals surface area contributed by atoms with E-state index in [0.717, 1.165) is 16.2 Å². The number of halogens is 3. The Bertz CT molecular complexity index is 401. The maximum atomic E-state index is 12.4. The number of thiazole rings is 1. The molecule has 0 amide bonds. The van der Waals surface area contributed by atoms with Crippen molar-refractivity contribution >= 4 is 22.8 Å². The summed E-state index contributed by atoms with van der Waals surface area (Å²) < 4.78 is 37.2. The van der Waals surface area contributed by atoms with E-state index in [1.807, 2.05) is 0 Å². The van der Waals surface area contributed by atoms with Crippen LogP contribution in [0.15, 0.2) is 0 Å². The number of carbonyl (C=O) groups excluding carboxylic acids is 1. The highest BCUT2D eigenvalue weighted by Gasteiger charge is 2.33. The third-order valence-corrected chi connectivity index (χ3v) is 3.27. The maximum absolute atomic E-state index is 12.4. The minimum Gasteiger partial charge on any atom is -0.337 e. The largest absolute Gasteiger partial charge is 0.406 e. The normalized spacial score (nSPS) is 11.9. The quantitative estimate of drug-likeness (QED) is 0.785. The Balaban J connectivity index is 3.01. The zero-order chi connectivity index (χ0) is 13.2. The molecule has 96 valence electrons. The number of hydrogen-bond donors (Lipinski definition) is 0. The lowest BCUT2D eigenvalue weighted by atomic mass is 10.3. The first kappa shape index (κ1) is 14.0. The first-order valence-electron chi connectivity index (χ1n) is 5.00. The summed E-state index contributed by atoms with van der Waals surface area (Å²) in [5.41, 5.74) is 0.466. The molecule has 0 N–H and O–H groups in total. The molecule has 7 heteroatoms. The van der Waals surface area contributed by atoms with Gasteiger partial charge in [0.1, 0.15) is 6.54 Å². The van der Waals surface area contributed by atoms with E-state index in [1.54, 1.807) is 20.8 Å². The number of rotatable bonds is 4. The summed E-state index contributed by atoms with van der Waals surface area (Å²) >= 11 is 0.983. The minimum absolute atomic E-state index is 0.233. The van der Waals surface area contributed by atoms with Gasteiger partial charge in [0.25, 0.3) is 0 Å². The molecule has 0 atom stereocenters. The molecule has 1 aromatic rings. The molecule has 0 aliphatic heterocycles. The first-order chi connectivity index (χ1) is 7.74. The van der Waals surface area contributed by atoms with Crippen molar-refractivity contribution in [2.24, 2.45) is 0 Å². The van der Waals surface area contributed by atoms with E-state index in [-0.39, 0.29) is 11.2 Å². The predicted octanol–water partition coefficient (Wildman–Crippen LogP) is 3.04. The highest BCUT2D eigenvalue weighted by Crippen LogP contribution is 2.29. The third kappa shape index (κ3) is 3.69. The second-order valence-electron chi connectivity index (χ2n) is 3.90. The van der Waals surface area contributed by atoms with Crippen molar-refractivity contribution in [2.45, 2.75) is 33.0 Å². The number of carbonyl (C=O) groups is 1. The number of aryl methyl sites for hydroxylation is 1. The van der Waals surface area contributed by atoms with E-state index in [0.29, 0.717) is 16.9 Å².